The smallest absolute Gasteiger partial charge is 0.303 e. The van der Waals surface area contributed by atoms with E-state index in [1.807, 2.05) is 35.2 Å². The summed E-state index contributed by atoms with van der Waals surface area (Å²) >= 11 is 0. The van der Waals surface area contributed by atoms with Gasteiger partial charge in [-0.1, -0.05) is 6.07 Å². The van der Waals surface area contributed by atoms with Gasteiger partial charge in [-0.25, -0.2) is 4.57 Å². The highest BCUT2D eigenvalue weighted by Gasteiger charge is 2.00. The molecule has 0 fully saturated rings. The molecule has 0 aliphatic heterocycles. The quantitative estimate of drug-likeness (QED) is 0.449. The van der Waals surface area contributed by atoms with Crippen molar-refractivity contribution in [2.45, 2.75) is 0 Å². The summed E-state index contributed by atoms with van der Waals surface area (Å²) in [5, 5.41) is 0. The molecule has 72 valence electrons. The minimum Gasteiger partial charge on any atom is -0.303 e. The maximum Gasteiger partial charge on any atom is 0.466 e. The molecule has 0 aliphatic carbocycles. The zero-order valence-electron chi connectivity index (χ0n) is 6.82. The Morgan fingerprint density at radius 2 is 1.54 bits per heavy atom. The number of rotatable bonds is 1. The Bertz CT molecular complexity index is 286. The van der Waals surface area contributed by atoms with E-state index in [1.54, 1.807) is 6.20 Å². The summed E-state index contributed by atoms with van der Waals surface area (Å²) in [5.41, 5.74) is 0. The van der Waals surface area contributed by atoms with Crippen molar-refractivity contribution in [2.24, 2.45) is 0 Å². The van der Waals surface area contributed by atoms with Gasteiger partial charge in [0.2, 0.25) is 0 Å². The van der Waals surface area contributed by atoms with E-state index in [-0.39, 0.29) is 0 Å². The van der Waals surface area contributed by atoms with Gasteiger partial charge < -0.3 is 14.7 Å². The Labute approximate surface area is 75.8 Å². The molecule has 0 unspecified atom stereocenters. The average Bonchev–Trinajstić information content (AvgIpc) is 2.03. The summed E-state index contributed by atoms with van der Waals surface area (Å²) in [6, 6.07) is 5.89. The predicted octanol–water partition coefficient (Wildman–Crippen LogP) is 0.146. The van der Waals surface area contributed by atoms with Gasteiger partial charge in [-0.2, -0.15) is 4.57 Å². The fourth-order valence-electron chi connectivity index (χ4n) is 0.534. The second-order valence-corrected chi connectivity index (χ2v) is 3.05. The van der Waals surface area contributed by atoms with Crippen molar-refractivity contribution in [3.63, 3.8) is 0 Å². The Kier molecular flexibility index (Phi) is 5.18. The SMILES string of the molecule is C=C[n+]1ccccc1.O=P(O)(O)O. The number of pyridine rings is 1. The van der Waals surface area contributed by atoms with Crippen molar-refractivity contribution in [2.75, 3.05) is 0 Å². The Morgan fingerprint density at radius 3 is 1.77 bits per heavy atom. The summed E-state index contributed by atoms with van der Waals surface area (Å²) < 4.78 is 10.8. The van der Waals surface area contributed by atoms with E-state index in [0.29, 0.717) is 0 Å². The molecule has 0 saturated carbocycles. The highest BCUT2D eigenvalue weighted by atomic mass is 31.2. The molecule has 6 heteroatoms. The molecule has 0 amide bonds. The Balaban J connectivity index is 0.000000252. The van der Waals surface area contributed by atoms with E-state index < -0.39 is 7.82 Å². The van der Waals surface area contributed by atoms with Crippen LogP contribution in [0.5, 0.6) is 0 Å². The van der Waals surface area contributed by atoms with Crippen molar-refractivity contribution in [1.82, 2.24) is 0 Å². The summed E-state index contributed by atoms with van der Waals surface area (Å²) in [4.78, 5) is 21.6. The summed E-state index contributed by atoms with van der Waals surface area (Å²) in [5.74, 6) is 0. The number of nitrogens with zero attached hydrogens (tertiary/aromatic N) is 1. The minimum absolute atomic E-state index is 1.75. The molecule has 0 bridgehead atoms. The maximum absolute atomic E-state index is 8.88. The van der Waals surface area contributed by atoms with Gasteiger partial charge in [-0.15, -0.1) is 0 Å². The summed E-state index contributed by atoms with van der Waals surface area (Å²) in [7, 11) is -4.64. The maximum atomic E-state index is 8.88. The fraction of sp³-hybridized carbons (Fsp3) is 0. The van der Waals surface area contributed by atoms with E-state index in [2.05, 4.69) is 6.58 Å². The van der Waals surface area contributed by atoms with Crippen LogP contribution >= 0.6 is 7.82 Å². The van der Waals surface area contributed by atoms with Crippen LogP contribution in [0.25, 0.3) is 6.20 Å². The summed E-state index contributed by atoms with van der Waals surface area (Å²) in [6.07, 6.45) is 5.62. The molecule has 1 heterocycles. The Morgan fingerprint density at radius 1 is 1.15 bits per heavy atom. The van der Waals surface area contributed by atoms with Crippen molar-refractivity contribution in [1.29, 1.82) is 0 Å². The van der Waals surface area contributed by atoms with E-state index in [4.69, 9.17) is 19.2 Å². The van der Waals surface area contributed by atoms with Gasteiger partial charge in [0.25, 0.3) is 0 Å². The normalized spacial score (nSPS) is 9.77. The van der Waals surface area contributed by atoms with Gasteiger partial charge in [0, 0.05) is 12.1 Å². The van der Waals surface area contributed by atoms with Crippen LogP contribution in [0.1, 0.15) is 0 Å². The molecular formula is C7H11NO4P+. The topological polar surface area (TPSA) is 81.6 Å². The molecule has 1 aromatic heterocycles. The number of hydrogen-bond donors (Lipinski definition) is 3. The van der Waals surface area contributed by atoms with Gasteiger partial charge >= 0.3 is 7.82 Å². The molecule has 0 aliphatic rings. The molecule has 0 radical (unpaired) electrons. The third-order valence-electron chi connectivity index (χ3n) is 0.949. The fourth-order valence-corrected chi connectivity index (χ4v) is 0.534. The van der Waals surface area contributed by atoms with E-state index >= 15 is 0 Å². The minimum atomic E-state index is -4.64. The van der Waals surface area contributed by atoms with Crippen molar-refractivity contribution in [3.05, 3.63) is 37.2 Å². The molecular weight excluding hydrogens is 193 g/mol. The molecule has 1 aromatic rings. The molecule has 13 heavy (non-hydrogen) atoms. The summed E-state index contributed by atoms with van der Waals surface area (Å²) in [6.45, 7) is 3.59. The monoisotopic (exact) mass is 204 g/mol. The van der Waals surface area contributed by atoms with Crippen LogP contribution in [-0.4, -0.2) is 14.7 Å². The Hall–Kier alpha value is -1.00. The van der Waals surface area contributed by atoms with Crippen LogP contribution in [0.3, 0.4) is 0 Å². The van der Waals surface area contributed by atoms with Crippen LogP contribution in [0, 0.1) is 0 Å². The first-order valence-electron chi connectivity index (χ1n) is 3.30. The molecule has 0 spiro atoms. The number of phosphoric acid groups is 1. The van der Waals surface area contributed by atoms with Crippen molar-refractivity contribution >= 4 is 14.0 Å². The largest absolute Gasteiger partial charge is 0.466 e. The molecule has 3 N–H and O–H groups in total. The molecule has 5 nitrogen and oxygen atoms in total. The zero-order valence-corrected chi connectivity index (χ0v) is 7.71. The van der Waals surface area contributed by atoms with E-state index in [9.17, 15) is 0 Å². The standard InChI is InChI=1S/C7H8N.H3O4P/c1-2-8-6-4-3-5-7-8;1-5(2,3)4/h2-7H,1H2;(H3,1,2,3,4)/q+1;. The van der Waals surface area contributed by atoms with Gasteiger partial charge in [0.05, 0.1) is 0 Å². The number of aromatic nitrogens is 1. The lowest BCUT2D eigenvalue weighted by molar-refractivity contribution is -0.567. The lowest BCUT2D eigenvalue weighted by Crippen LogP contribution is -2.22. The molecule has 0 saturated heterocycles. The van der Waals surface area contributed by atoms with Crippen LogP contribution in [0.2, 0.25) is 0 Å². The van der Waals surface area contributed by atoms with Gasteiger partial charge in [0.15, 0.2) is 18.6 Å². The first-order chi connectivity index (χ1) is 5.93. The average molecular weight is 204 g/mol. The first kappa shape index (κ1) is 12.0. The van der Waals surface area contributed by atoms with Crippen molar-refractivity contribution in [3.8, 4) is 0 Å². The lowest BCUT2D eigenvalue weighted by atomic mass is 10.5. The second kappa shape index (κ2) is 5.61. The van der Waals surface area contributed by atoms with Gasteiger partial charge in [-0.05, 0) is 6.58 Å². The molecule has 1 rings (SSSR count). The second-order valence-electron chi connectivity index (χ2n) is 2.02. The predicted molar refractivity (Wildman–Crippen MR) is 47.3 cm³/mol. The van der Waals surface area contributed by atoms with Crippen LogP contribution in [-0.2, 0) is 4.57 Å². The van der Waals surface area contributed by atoms with Gasteiger partial charge in [0.1, 0.15) is 0 Å². The van der Waals surface area contributed by atoms with E-state index in [0.717, 1.165) is 0 Å². The highest BCUT2D eigenvalue weighted by Crippen LogP contribution is 2.25. The third-order valence-corrected chi connectivity index (χ3v) is 0.949. The highest BCUT2D eigenvalue weighted by molar-refractivity contribution is 7.45. The first-order valence-corrected chi connectivity index (χ1v) is 4.86. The van der Waals surface area contributed by atoms with Crippen molar-refractivity contribution < 1.29 is 23.8 Å². The van der Waals surface area contributed by atoms with E-state index in [1.165, 1.54) is 0 Å². The number of hydrogen-bond acceptors (Lipinski definition) is 1. The lowest BCUT2D eigenvalue weighted by Gasteiger charge is -1.82. The van der Waals surface area contributed by atoms with Crippen LogP contribution < -0.4 is 4.57 Å². The van der Waals surface area contributed by atoms with Crippen LogP contribution in [0.4, 0.5) is 0 Å². The van der Waals surface area contributed by atoms with Gasteiger partial charge in [-0.3, -0.25) is 0 Å². The third kappa shape index (κ3) is 11.0. The van der Waals surface area contributed by atoms with Crippen LogP contribution in [0.15, 0.2) is 37.2 Å². The molecule has 0 aromatic carbocycles. The zero-order chi connectivity index (χ0) is 10.3. The molecule has 0 atom stereocenters.